The highest BCUT2D eigenvalue weighted by molar-refractivity contribution is 5.97. The number of nitrogens with one attached hydrogen (secondary N) is 1. The third-order valence-corrected chi connectivity index (χ3v) is 5.30. The van der Waals surface area contributed by atoms with Crippen LogP contribution < -0.4 is 10.1 Å². The van der Waals surface area contributed by atoms with E-state index in [0.29, 0.717) is 11.4 Å². The van der Waals surface area contributed by atoms with E-state index in [9.17, 15) is 9.59 Å². The van der Waals surface area contributed by atoms with E-state index >= 15 is 0 Å². The second-order valence-electron chi connectivity index (χ2n) is 7.48. The molecule has 1 aromatic heterocycles. The fourth-order valence-corrected chi connectivity index (χ4v) is 3.77. The number of carbonyl (C=O) groups excluding carboxylic acids is 2. The molecule has 6 nitrogen and oxygen atoms in total. The monoisotopic (exact) mass is 401 g/mol. The number of amides is 2. The number of aromatic nitrogens is 1. The summed E-state index contributed by atoms with van der Waals surface area (Å²) in [4.78, 5) is 31.0. The molecule has 0 saturated carbocycles. The smallest absolute Gasteiger partial charge is 0.230 e. The molecular weight excluding hydrogens is 378 g/mol. The van der Waals surface area contributed by atoms with Crippen LogP contribution in [-0.4, -0.2) is 28.7 Å². The number of ether oxygens (including phenoxy) is 1. The Bertz CT molecular complexity index is 1050. The molecule has 2 atom stereocenters. The van der Waals surface area contributed by atoms with Gasteiger partial charge in [-0.2, -0.15) is 0 Å². The van der Waals surface area contributed by atoms with E-state index in [0.717, 1.165) is 16.9 Å². The van der Waals surface area contributed by atoms with Crippen molar-refractivity contribution in [1.29, 1.82) is 0 Å². The van der Waals surface area contributed by atoms with Gasteiger partial charge in [0.2, 0.25) is 11.8 Å². The standard InChI is InChI=1S/C24H23N3O3/c1-16-5-3-7-20(13-16)30-19-10-8-18(9-11-19)26-24(29)21-14-22(28)27(2)23(21)17-6-4-12-25-15-17/h3-13,15,21,23H,14H2,1-2H3,(H,26,29)/t21-,23+/m1/s1. The maximum absolute atomic E-state index is 13.0. The van der Waals surface area contributed by atoms with Crippen LogP contribution in [0.25, 0.3) is 0 Å². The zero-order valence-corrected chi connectivity index (χ0v) is 16.9. The minimum atomic E-state index is -0.477. The van der Waals surface area contributed by atoms with Crippen LogP contribution in [-0.2, 0) is 9.59 Å². The molecule has 0 bridgehead atoms. The van der Waals surface area contributed by atoms with Crippen LogP contribution in [0.5, 0.6) is 11.5 Å². The minimum absolute atomic E-state index is 0.0501. The van der Waals surface area contributed by atoms with Gasteiger partial charge in [-0.15, -0.1) is 0 Å². The van der Waals surface area contributed by atoms with Crippen LogP contribution in [0.4, 0.5) is 5.69 Å². The number of benzene rings is 2. The van der Waals surface area contributed by atoms with Crippen molar-refractivity contribution in [3.8, 4) is 11.5 Å². The molecule has 6 heteroatoms. The molecule has 0 unspecified atom stereocenters. The zero-order valence-electron chi connectivity index (χ0n) is 16.9. The quantitative estimate of drug-likeness (QED) is 0.690. The van der Waals surface area contributed by atoms with Gasteiger partial charge in [-0.1, -0.05) is 18.2 Å². The number of hydrogen-bond acceptors (Lipinski definition) is 4. The second-order valence-corrected chi connectivity index (χ2v) is 7.48. The van der Waals surface area contributed by atoms with E-state index in [4.69, 9.17) is 4.74 Å². The van der Waals surface area contributed by atoms with E-state index in [1.54, 1.807) is 36.5 Å². The lowest BCUT2D eigenvalue weighted by molar-refractivity contribution is -0.127. The highest BCUT2D eigenvalue weighted by atomic mass is 16.5. The topological polar surface area (TPSA) is 71.5 Å². The van der Waals surface area contributed by atoms with E-state index in [-0.39, 0.29) is 24.3 Å². The van der Waals surface area contributed by atoms with Crippen molar-refractivity contribution in [2.24, 2.45) is 5.92 Å². The average Bonchev–Trinajstić information content (AvgIpc) is 3.05. The van der Waals surface area contributed by atoms with Crippen molar-refractivity contribution < 1.29 is 14.3 Å². The Morgan fingerprint density at radius 1 is 1.10 bits per heavy atom. The molecule has 1 N–H and O–H groups in total. The first-order valence-electron chi connectivity index (χ1n) is 9.82. The number of rotatable bonds is 5. The Morgan fingerprint density at radius 3 is 2.60 bits per heavy atom. The van der Waals surface area contributed by atoms with Gasteiger partial charge in [0, 0.05) is 31.5 Å². The summed E-state index contributed by atoms with van der Waals surface area (Å²) in [6, 6.07) is 18.4. The number of nitrogens with zero attached hydrogens (tertiary/aromatic N) is 2. The zero-order chi connectivity index (χ0) is 21.1. The second kappa shape index (κ2) is 8.37. The Labute approximate surface area is 175 Å². The van der Waals surface area contributed by atoms with Crippen LogP contribution in [0.2, 0.25) is 0 Å². The molecule has 0 radical (unpaired) electrons. The van der Waals surface area contributed by atoms with Crippen molar-refractivity contribution in [1.82, 2.24) is 9.88 Å². The number of carbonyl (C=O) groups is 2. The molecule has 2 heterocycles. The maximum atomic E-state index is 13.0. The van der Waals surface area contributed by atoms with E-state index in [1.807, 2.05) is 55.5 Å². The highest BCUT2D eigenvalue weighted by Crippen LogP contribution is 2.37. The van der Waals surface area contributed by atoms with Gasteiger partial charge in [0.05, 0.1) is 12.0 Å². The first-order chi connectivity index (χ1) is 14.5. The first-order valence-corrected chi connectivity index (χ1v) is 9.82. The molecule has 0 aliphatic carbocycles. The molecule has 4 rings (SSSR count). The normalized spacial score (nSPS) is 18.3. The van der Waals surface area contributed by atoms with Crippen molar-refractivity contribution >= 4 is 17.5 Å². The third kappa shape index (κ3) is 4.17. The Hall–Kier alpha value is -3.67. The predicted molar refractivity (Wildman–Crippen MR) is 114 cm³/mol. The highest BCUT2D eigenvalue weighted by Gasteiger charge is 2.42. The molecule has 1 aliphatic rings. The van der Waals surface area contributed by atoms with Crippen molar-refractivity contribution in [2.45, 2.75) is 19.4 Å². The molecule has 152 valence electrons. The van der Waals surface area contributed by atoms with Gasteiger partial charge in [0.1, 0.15) is 11.5 Å². The van der Waals surface area contributed by atoms with Crippen LogP contribution >= 0.6 is 0 Å². The number of pyridine rings is 1. The minimum Gasteiger partial charge on any atom is -0.457 e. The molecule has 2 amide bonds. The lowest BCUT2D eigenvalue weighted by atomic mass is 9.94. The first kappa shape index (κ1) is 19.6. The van der Waals surface area contributed by atoms with E-state index in [1.165, 1.54) is 0 Å². The lowest BCUT2D eigenvalue weighted by Crippen LogP contribution is -2.30. The van der Waals surface area contributed by atoms with E-state index in [2.05, 4.69) is 10.3 Å². The Balaban J connectivity index is 1.46. The lowest BCUT2D eigenvalue weighted by Gasteiger charge is -2.24. The van der Waals surface area contributed by atoms with Gasteiger partial charge in [0.15, 0.2) is 0 Å². The van der Waals surface area contributed by atoms with Gasteiger partial charge >= 0.3 is 0 Å². The van der Waals surface area contributed by atoms with Gasteiger partial charge in [-0.25, -0.2) is 0 Å². The molecule has 1 aliphatic heterocycles. The fraction of sp³-hybridized carbons (Fsp3) is 0.208. The average molecular weight is 401 g/mol. The largest absolute Gasteiger partial charge is 0.457 e. The summed E-state index contributed by atoms with van der Waals surface area (Å²) >= 11 is 0. The summed E-state index contributed by atoms with van der Waals surface area (Å²) in [5.41, 5.74) is 2.63. The number of anilines is 1. The Morgan fingerprint density at radius 2 is 1.90 bits per heavy atom. The van der Waals surface area contributed by atoms with Gasteiger partial charge in [0.25, 0.3) is 0 Å². The molecule has 0 spiro atoms. The van der Waals surface area contributed by atoms with Gasteiger partial charge in [-0.3, -0.25) is 14.6 Å². The summed E-state index contributed by atoms with van der Waals surface area (Å²) < 4.78 is 5.85. The molecular formula is C24H23N3O3. The summed E-state index contributed by atoms with van der Waals surface area (Å²) in [6.45, 7) is 2.01. The van der Waals surface area contributed by atoms with Crippen molar-refractivity contribution in [3.63, 3.8) is 0 Å². The summed E-state index contributed by atoms with van der Waals surface area (Å²) in [5.74, 6) is 0.732. The molecule has 2 aromatic carbocycles. The van der Waals surface area contributed by atoms with Crippen molar-refractivity contribution in [2.75, 3.05) is 12.4 Å². The molecule has 1 fully saturated rings. The van der Waals surface area contributed by atoms with Gasteiger partial charge in [-0.05, 0) is 60.5 Å². The van der Waals surface area contributed by atoms with Crippen LogP contribution in [0.15, 0.2) is 73.1 Å². The van der Waals surface area contributed by atoms with Crippen LogP contribution in [0, 0.1) is 12.8 Å². The van der Waals surface area contributed by atoms with Crippen molar-refractivity contribution in [3.05, 3.63) is 84.2 Å². The predicted octanol–water partition coefficient (Wildman–Crippen LogP) is 4.34. The van der Waals surface area contributed by atoms with Gasteiger partial charge < -0.3 is 15.0 Å². The number of hydrogen-bond donors (Lipinski definition) is 1. The summed E-state index contributed by atoms with van der Waals surface area (Å²) in [5, 5.41) is 2.93. The summed E-state index contributed by atoms with van der Waals surface area (Å²) in [6.07, 6.45) is 3.56. The summed E-state index contributed by atoms with van der Waals surface area (Å²) in [7, 11) is 1.73. The maximum Gasteiger partial charge on any atom is 0.230 e. The molecule has 3 aromatic rings. The fourth-order valence-electron chi connectivity index (χ4n) is 3.77. The molecule has 30 heavy (non-hydrogen) atoms. The van der Waals surface area contributed by atoms with Crippen LogP contribution in [0.3, 0.4) is 0 Å². The van der Waals surface area contributed by atoms with Crippen LogP contribution in [0.1, 0.15) is 23.6 Å². The third-order valence-electron chi connectivity index (χ3n) is 5.30. The number of aryl methyl sites for hydroxylation is 1. The SMILES string of the molecule is Cc1cccc(Oc2ccc(NC(=O)[C@@H]3CC(=O)N(C)[C@H]3c3cccnc3)cc2)c1. The van der Waals surface area contributed by atoms with E-state index < -0.39 is 5.92 Å². The number of likely N-dealkylation sites (tertiary alicyclic amines) is 1. The Kier molecular flexibility index (Phi) is 5.48. The molecule has 1 saturated heterocycles.